The summed E-state index contributed by atoms with van der Waals surface area (Å²) >= 11 is 0. The van der Waals surface area contributed by atoms with Crippen LogP contribution in [0.15, 0.2) is 53.5 Å². The van der Waals surface area contributed by atoms with E-state index in [0.29, 0.717) is 47.8 Å². The Bertz CT molecular complexity index is 2400. The molecule has 3 amide bonds. The second-order valence-corrected chi connectivity index (χ2v) is 13.2. The molecule has 0 saturated heterocycles. The maximum Gasteiger partial charge on any atom is 0.276 e. The second kappa shape index (κ2) is 14.3. The average molecular weight is 707 g/mol. The molecule has 0 spiro atoms. The van der Waals surface area contributed by atoms with Crippen molar-refractivity contribution in [1.29, 1.82) is 0 Å². The monoisotopic (exact) mass is 706 g/mol. The van der Waals surface area contributed by atoms with E-state index in [4.69, 9.17) is 21.4 Å². The van der Waals surface area contributed by atoms with Crippen molar-refractivity contribution in [1.82, 2.24) is 38.2 Å². The molecule has 0 bridgehead atoms. The number of imidazole rings is 2. The fraction of sp³-hybridized carbons (Fsp3) is 0.378. The van der Waals surface area contributed by atoms with E-state index in [1.807, 2.05) is 53.8 Å². The zero-order valence-corrected chi connectivity index (χ0v) is 30.7. The van der Waals surface area contributed by atoms with Crippen LogP contribution in [0.2, 0.25) is 0 Å². The fourth-order valence-electron chi connectivity index (χ4n) is 6.94. The molecule has 6 aromatic rings. The summed E-state index contributed by atoms with van der Waals surface area (Å²) in [6.07, 6.45) is 1.44. The van der Waals surface area contributed by atoms with Crippen molar-refractivity contribution in [3.05, 3.63) is 88.1 Å². The van der Waals surface area contributed by atoms with Crippen molar-refractivity contribution in [3.8, 4) is 0 Å². The Morgan fingerprint density at radius 1 is 0.846 bits per heavy atom. The zero-order chi connectivity index (χ0) is 37.4. The van der Waals surface area contributed by atoms with E-state index in [-0.39, 0.29) is 18.0 Å². The Kier molecular flexibility index (Phi) is 9.87. The predicted molar refractivity (Wildman–Crippen MR) is 199 cm³/mol. The van der Waals surface area contributed by atoms with Crippen LogP contribution in [0.4, 0.5) is 5.95 Å². The summed E-state index contributed by atoms with van der Waals surface area (Å²) in [5.41, 5.74) is 18.9. The molecule has 2 aromatic carbocycles. The Balaban J connectivity index is 1.35. The van der Waals surface area contributed by atoms with Crippen LogP contribution in [0.25, 0.3) is 22.1 Å². The lowest BCUT2D eigenvalue weighted by atomic mass is 10.1. The molecule has 0 radical (unpaired) electrons. The molecule has 0 saturated carbocycles. The van der Waals surface area contributed by atoms with Crippen molar-refractivity contribution in [2.45, 2.75) is 86.1 Å². The number of rotatable bonds is 13. The van der Waals surface area contributed by atoms with Gasteiger partial charge in [-0.2, -0.15) is 10.2 Å². The number of aryl methyl sites for hydroxylation is 6. The van der Waals surface area contributed by atoms with Crippen LogP contribution in [0.3, 0.4) is 0 Å². The van der Waals surface area contributed by atoms with Crippen molar-refractivity contribution >= 4 is 45.7 Å². The van der Waals surface area contributed by atoms with Gasteiger partial charge in [0.05, 0.1) is 45.2 Å². The standard InChI is InChI=1S/C37H46N12O3/c1-8-47-30(17-21(3)43-47)24(6)40-37-45(7)31-20-26(34(39)51)13-15-29(31)46(37)16-10-11-23(5)49-28-14-12-25(33(38)50)19-27(28)41-36(49)42-35(52)32-18-22(4)44-48(32)9-2/h12-15,17-20,23-24H,8-11,16H2,1-7H3,(H2,38,50)(H2,39,51)(H,41,42,52). The van der Waals surface area contributed by atoms with Gasteiger partial charge in [0.25, 0.3) is 5.91 Å². The van der Waals surface area contributed by atoms with Crippen molar-refractivity contribution in [3.63, 3.8) is 0 Å². The van der Waals surface area contributed by atoms with Gasteiger partial charge in [0.1, 0.15) is 5.69 Å². The van der Waals surface area contributed by atoms with E-state index in [9.17, 15) is 14.4 Å². The number of hydrogen-bond donors (Lipinski definition) is 3. The molecule has 4 aromatic heterocycles. The number of aromatic nitrogens is 8. The third kappa shape index (κ3) is 6.73. The smallest absolute Gasteiger partial charge is 0.276 e. The van der Waals surface area contributed by atoms with E-state index in [1.54, 1.807) is 35.0 Å². The van der Waals surface area contributed by atoms with Crippen LogP contribution in [-0.2, 0) is 26.7 Å². The van der Waals surface area contributed by atoms with Gasteiger partial charge in [-0.25, -0.2) is 9.98 Å². The van der Waals surface area contributed by atoms with Gasteiger partial charge in [-0.15, -0.1) is 0 Å². The van der Waals surface area contributed by atoms with Crippen molar-refractivity contribution in [2.75, 3.05) is 5.32 Å². The maximum absolute atomic E-state index is 13.5. The summed E-state index contributed by atoms with van der Waals surface area (Å²) in [5, 5.41) is 12.0. The highest BCUT2D eigenvalue weighted by atomic mass is 16.2. The zero-order valence-electron chi connectivity index (χ0n) is 30.7. The number of carbonyl (C=O) groups excluding carboxylic acids is 3. The highest BCUT2D eigenvalue weighted by Gasteiger charge is 2.22. The largest absolute Gasteiger partial charge is 0.366 e. The van der Waals surface area contributed by atoms with E-state index in [0.717, 1.165) is 52.2 Å². The molecule has 0 aliphatic carbocycles. The molecule has 0 aliphatic heterocycles. The summed E-state index contributed by atoms with van der Waals surface area (Å²) in [7, 11) is 1.94. The van der Waals surface area contributed by atoms with E-state index < -0.39 is 11.8 Å². The molecule has 15 nitrogen and oxygen atoms in total. The van der Waals surface area contributed by atoms with Gasteiger partial charge in [-0.05, 0) is 103 Å². The lowest BCUT2D eigenvalue weighted by molar-refractivity contribution is 0.0992. The Hall–Kier alpha value is -5.99. The number of anilines is 1. The molecule has 15 heteroatoms. The highest BCUT2D eigenvalue weighted by Crippen LogP contribution is 2.29. The first kappa shape index (κ1) is 35.8. The first-order valence-corrected chi connectivity index (χ1v) is 17.6. The van der Waals surface area contributed by atoms with Gasteiger partial charge >= 0.3 is 0 Å². The predicted octanol–water partition coefficient (Wildman–Crippen LogP) is 4.53. The molecule has 5 N–H and O–H groups in total. The molecule has 6 rings (SSSR count). The van der Waals surface area contributed by atoms with Crippen molar-refractivity contribution < 1.29 is 14.4 Å². The molecule has 0 fully saturated rings. The van der Waals surface area contributed by atoms with Crippen LogP contribution < -0.4 is 22.4 Å². The lowest BCUT2D eigenvalue weighted by Crippen LogP contribution is -2.26. The lowest BCUT2D eigenvalue weighted by Gasteiger charge is -2.18. The molecule has 2 unspecified atom stereocenters. The van der Waals surface area contributed by atoms with Crippen LogP contribution >= 0.6 is 0 Å². The third-order valence-corrected chi connectivity index (χ3v) is 9.50. The highest BCUT2D eigenvalue weighted by molar-refractivity contribution is 6.03. The number of hydrogen-bond acceptors (Lipinski definition) is 7. The van der Waals surface area contributed by atoms with E-state index in [2.05, 4.69) is 46.9 Å². The fourth-order valence-corrected chi connectivity index (χ4v) is 6.94. The molecular weight excluding hydrogens is 660 g/mol. The van der Waals surface area contributed by atoms with Gasteiger partial charge in [0.2, 0.25) is 23.4 Å². The number of nitrogens with one attached hydrogen (secondary N) is 1. The number of nitrogens with two attached hydrogens (primary N) is 2. The Labute approximate surface area is 300 Å². The topological polar surface area (TPSA) is 191 Å². The number of fused-ring (bicyclic) bond motifs is 2. The Morgan fingerprint density at radius 2 is 1.48 bits per heavy atom. The van der Waals surface area contributed by atoms with Gasteiger partial charge in [0, 0.05) is 43.9 Å². The van der Waals surface area contributed by atoms with Gasteiger partial charge in [-0.3, -0.25) is 29.1 Å². The SMILES string of the molecule is CCn1nc(C)cc1C(=O)Nc1nc2cc(C(N)=O)ccc2n1C(C)CCCn1c(=NC(C)c2cc(C)nn2CC)n(C)c2cc(C(N)=O)ccc21. The third-order valence-electron chi connectivity index (χ3n) is 9.50. The summed E-state index contributed by atoms with van der Waals surface area (Å²) in [5.74, 6) is -1.02. The van der Waals surface area contributed by atoms with Gasteiger partial charge in [0.15, 0.2) is 0 Å². The maximum atomic E-state index is 13.5. The normalized spacial score (nSPS) is 13.2. The quantitative estimate of drug-likeness (QED) is 0.158. The van der Waals surface area contributed by atoms with Crippen molar-refractivity contribution in [2.24, 2.45) is 23.5 Å². The number of nitrogens with zero attached hydrogens (tertiary/aromatic N) is 9. The van der Waals surface area contributed by atoms with Crippen LogP contribution in [0.1, 0.15) is 101 Å². The number of amides is 3. The first-order valence-electron chi connectivity index (χ1n) is 17.6. The molecule has 0 aliphatic rings. The Morgan fingerprint density at radius 3 is 2.15 bits per heavy atom. The summed E-state index contributed by atoms with van der Waals surface area (Å²) in [4.78, 5) is 47.6. The van der Waals surface area contributed by atoms with Crippen LogP contribution in [-0.4, -0.2) is 56.0 Å². The molecule has 52 heavy (non-hydrogen) atoms. The number of benzene rings is 2. The first-order chi connectivity index (χ1) is 24.8. The van der Waals surface area contributed by atoms with E-state index >= 15 is 0 Å². The number of carbonyl (C=O) groups is 3. The molecular formula is C37H46N12O3. The van der Waals surface area contributed by atoms with Crippen LogP contribution in [0, 0.1) is 13.8 Å². The molecule has 4 heterocycles. The minimum atomic E-state index is -0.558. The van der Waals surface area contributed by atoms with E-state index in [1.165, 1.54) is 0 Å². The molecule has 272 valence electrons. The minimum Gasteiger partial charge on any atom is -0.366 e. The second-order valence-electron chi connectivity index (χ2n) is 13.2. The van der Waals surface area contributed by atoms with Gasteiger partial charge in [-0.1, -0.05) is 0 Å². The number of primary amides is 2. The summed E-state index contributed by atoms with van der Waals surface area (Å²) in [6, 6.07) is 14.1. The summed E-state index contributed by atoms with van der Waals surface area (Å²) < 4.78 is 9.79. The molecule has 2 atom stereocenters. The minimum absolute atomic E-state index is 0.115. The summed E-state index contributed by atoms with van der Waals surface area (Å²) in [6.45, 7) is 13.8. The van der Waals surface area contributed by atoms with Crippen LogP contribution in [0.5, 0.6) is 0 Å². The average Bonchev–Trinajstić information content (AvgIpc) is 3.86. The van der Waals surface area contributed by atoms with Gasteiger partial charge < -0.3 is 25.2 Å².